The summed E-state index contributed by atoms with van der Waals surface area (Å²) >= 11 is 0. The van der Waals surface area contributed by atoms with Crippen molar-refractivity contribution < 1.29 is 50.2 Å². The van der Waals surface area contributed by atoms with E-state index in [4.69, 9.17) is 4.74 Å². The van der Waals surface area contributed by atoms with Crippen LogP contribution in [0.1, 0.15) is 11.1 Å². The van der Waals surface area contributed by atoms with Crippen molar-refractivity contribution in [3.05, 3.63) is 28.8 Å². The number of alkyl halides is 6. The molecule has 1 aliphatic heterocycles. The monoisotopic (exact) mass is 387 g/mol. The number of hydrogen-bond donors (Lipinski definition) is 1. The topological polar surface area (TPSA) is 80.0 Å². The lowest BCUT2D eigenvalue weighted by molar-refractivity contribution is -0.274. The van der Waals surface area contributed by atoms with Crippen LogP contribution < -0.4 is 15.4 Å². The van der Waals surface area contributed by atoms with E-state index in [0.29, 0.717) is 6.08 Å². The Bertz CT molecular complexity index is 728. The lowest BCUT2D eigenvalue weighted by atomic mass is 9.99. The normalized spacial score (nSPS) is 17.1. The Morgan fingerprint density at radius 2 is 1.88 bits per heavy atom. The molecule has 0 radical (unpaired) electrons. The van der Waals surface area contributed by atoms with E-state index in [1.807, 2.05) is 0 Å². The van der Waals surface area contributed by atoms with Gasteiger partial charge in [0.25, 0.3) is 0 Å². The summed E-state index contributed by atoms with van der Waals surface area (Å²) in [6.07, 6.45) is -12.0. The average Bonchev–Trinajstić information content (AvgIpc) is 2.48. The highest BCUT2D eigenvalue weighted by Crippen LogP contribution is 2.41. The van der Waals surface area contributed by atoms with Crippen LogP contribution in [0.3, 0.4) is 0 Å². The van der Waals surface area contributed by atoms with Gasteiger partial charge in [0.05, 0.1) is 5.57 Å². The van der Waals surface area contributed by atoms with Crippen LogP contribution in [-0.4, -0.2) is 31.4 Å². The third kappa shape index (κ3) is 4.58. The summed E-state index contributed by atoms with van der Waals surface area (Å²) in [7, 11) is 0. The van der Waals surface area contributed by atoms with Crippen molar-refractivity contribution in [2.24, 2.45) is 5.90 Å². The fraction of sp³-hybridized carbons (Fsp3) is 0.357. The zero-order chi connectivity index (χ0) is 19.7. The Morgan fingerprint density at radius 3 is 2.42 bits per heavy atom. The Hall–Kier alpha value is -2.47. The van der Waals surface area contributed by atoms with Crippen molar-refractivity contribution in [1.29, 1.82) is 0 Å². The van der Waals surface area contributed by atoms with Crippen molar-refractivity contribution in [3.8, 4) is 11.5 Å². The first kappa shape index (κ1) is 19.8. The summed E-state index contributed by atoms with van der Waals surface area (Å²) in [5, 5.41) is 0. The highest BCUT2D eigenvalue weighted by Gasteiger charge is 2.49. The molecule has 1 atom stereocenters. The van der Waals surface area contributed by atoms with Gasteiger partial charge in [-0.1, -0.05) is 0 Å². The van der Waals surface area contributed by atoms with Crippen molar-refractivity contribution in [3.63, 3.8) is 0 Å². The van der Waals surface area contributed by atoms with E-state index in [-0.39, 0.29) is 16.9 Å². The number of rotatable bonds is 4. The number of esters is 1. The van der Waals surface area contributed by atoms with E-state index in [0.717, 1.165) is 12.1 Å². The van der Waals surface area contributed by atoms with Gasteiger partial charge in [-0.3, -0.25) is 4.84 Å². The van der Waals surface area contributed by atoms with Crippen LogP contribution in [-0.2, 0) is 14.4 Å². The third-order valence-electron chi connectivity index (χ3n) is 3.13. The molecule has 0 bridgehead atoms. The highest BCUT2D eigenvalue weighted by molar-refractivity contribution is 5.96. The van der Waals surface area contributed by atoms with Crippen LogP contribution in [0.4, 0.5) is 26.3 Å². The van der Waals surface area contributed by atoms with E-state index in [1.165, 1.54) is 6.92 Å². The molecule has 1 aliphatic rings. The van der Waals surface area contributed by atoms with Crippen LogP contribution >= 0.6 is 0 Å². The number of carbonyl (C=O) groups excluding carboxylic acids is 1. The Labute approximate surface area is 142 Å². The van der Waals surface area contributed by atoms with Gasteiger partial charge in [-0.25, -0.2) is 10.7 Å². The van der Waals surface area contributed by atoms with Gasteiger partial charge in [0.2, 0.25) is 12.9 Å². The summed E-state index contributed by atoms with van der Waals surface area (Å²) in [5.41, 5.74) is -1.25. The molecule has 26 heavy (non-hydrogen) atoms. The van der Waals surface area contributed by atoms with Crippen LogP contribution in [0.15, 0.2) is 17.7 Å². The molecule has 0 aliphatic carbocycles. The summed E-state index contributed by atoms with van der Waals surface area (Å²) in [4.78, 5) is 15.8. The minimum absolute atomic E-state index is 0.0510. The van der Waals surface area contributed by atoms with Gasteiger partial charge in [-0.05, 0) is 30.7 Å². The second kappa shape index (κ2) is 7.03. The minimum Gasteiger partial charge on any atom is -0.475 e. The van der Waals surface area contributed by atoms with Gasteiger partial charge in [0.1, 0.15) is 11.5 Å². The zero-order valence-electron chi connectivity index (χ0n) is 12.9. The smallest absolute Gasteiger partial charge is 0.475 e. The average molecular weight is 387 g/mol. The molecule has 12 heteroatoms. The number of fused-ring (bicyclic) bond motifs is 1. The molecule has 0 saturated carbocycles. The second-order valence-electron chi connectivity index (χ2n) is 5.06. The molecule has 1 unspecified atom stereocenters. The maximum absolute atomic E-state index is 13.2. The van der Waals surface area contributed by atoms with Gasteiger partial charge in [0.15, 0.2) is 0 Å². The third-order valence-corrected chi connectivity index (χ3v) is 3.13. The molecule has 1 heterocycles. The first-order chi connectivity index (χ1) is 11.9. The summed E-state index contributed by atoms with van der Waals surface area (Å²) in [5.74, 6) is 2.15. The van der Waals surface area contributed by atoms with Crippen molar-refractivity contribution in [1.82, 2.24) is 0 Å². The predicted octanol–water partition coefficient (Wildman–Crippen LogP) is 2.99. The van der Waals surface area contributed by atoms with Gasteiger partial charge in [-0.15, -0.1) is 13.2 Å². The van der Waals surface area contributed by atoms with Crippen LogP contribution in [0, 0.1) is 6.92 Å². The maximum atomic E-state index is 13.2. The number of benzene rings is 1. The lowest BCUT2D eigenvalue weighted by Gasteiger charge is -2.29. The molecule has 0 amide bonds. The molecule has 1 aromatic carbocycles. The molecular weight excluding hydrogens is 376 g/mol. The van der Waals surface area contributed by atoms with Crippen molar-refractivity contribution in [2.45, 2.75) is 25.6 Å². The minimum atomic E-state index is -5.01. The van der Waals surface area contributed by atoms with Gasteiger partial charge in [-0.2, -0.15) is 13.2 Å². The fourth-order valence-corrected chi connectivity index (χ4v) is 2.23. The number of aryl methyl sites for hydroxylation is 1. The van der Waals surface area contributed by atoms with Gasteiger partial charge >= 0.3 is 18.5 Å². The number of ether oxygens (including phenoxy) is 3. The Balaban J connectivity index is 2.49. The molecule has 1 aromatic rings. The largest absolute Gasteiger partial charge is 0.573 e. The number of nitrogens with two attached hydrogens (primary N) is 1. The van der Waals surface area contributed by atoms with Crippen LogP contribution in [0.2, 0.25) is 0 Å². The lowest BCUT2D eigenvalue weighted by Crippen LogP contribution is -2.41. The second-order valence-corrected chi connectivity index (χ2v) is 5.06. The van der Waals surface area contributed by atoms with E-state index in [9.17, 15) is 31.1 Å². The first-order valence-electron chi connectivity index (χ1n) is 6.76. The van der Waals surface area contributed by atoms with Gasteiger partial charge < -0.3 is 14.2 Å². The van der Waals surface area contributed by atoms with Crippen molar-refractivity contribution >= 4 is 12.0 Å². The van der Waals surface area contributed by atoms with Crippen LogP contribution in [0.25, 0.3) is 6.08 Å². The van der Waals surface area contributed by atoms with E-state index in [2.05, 4.69) is 20.2 Å². The fourth-order valence-electron chi connectivity index (χ4n) is 2.23. The molecule has 2 N–H and O–H groups in total. The first-order valence-corrected chi connectivity index (χ1v) is 6.76. The Morgan fingerprint density at radius 1 is 1.23 bits per heavy atom. The standard InChI is InChI=1S/C14H11F6NO5/c1-6-2-8(26-14(18,19)20)3-7-4-9(12(22)23-5-24-21)11(13(15,16)17)25-10(6)7/h2-4,11H,5,21H2,1H3. The van der Waals surface area contributed by atoms with E-state index in [1.54, 1.807) is 0 Å². The summed E-state index contributed by atoms with van der Waals surface area (Å²) in [6.45, 7) is 0.402. The van der Waals surface area contributed by atoms with Crippen molar-refractivity contribution in [2.75, 3.05) is 6.79 Å². The molecule has 144 valence electrons. The highest BCUT2D eigenvalue weighted by atomic mass is 19.4. The SMILES string of the molecule is Cc1cc(OC(F)(F)F)cc2c1OC(C(F)(F)F)C(C(=O)OCON)=C2. The molecule has 0 fully saturated rings. The molecule has 0 saturated heterocycles. The maximum Gasteiger partial charge on any atom is 0.573 e. The number of halogens is 6. The van der Waals surface area contributed by atoms with E-state index < -0.39 is 42.7 Å². The summed E-state index contributed by atoms with van der Waals surface area (Å²) < 4.78 is 89.6. The van der Waals surface area contributed by atoms with Gasteiger partial charge in [0, 0.05) is 5.56 Å². The Kier molecular flexibility index (Phi) is 5.37. The molecule has 6 nitrogen and oxygen atoms in total. The van der Waals surface area contributed by atoms with Crippen LogP contribution in [0.5, 0.6) is 11.5 Å². The number of hydrogen-bond acceptors (Lipinski definition) is 6. The molecular formula is C14H11F6NO5. The number of carbonyl (C=O) groups is 1. The predicted molar refractivity (Wildman–Crippen MR) is 72.5 cm³/mol. The summed E-state index contributed by atoms with van der Waals surface area (Å²) in [6, 6.07) is 1.65. The molecule has 0 spiro atoms. The molecule has 0 aromatic heterocycles. The van der Waals surface area contributed by atoms with E-state index >= 15 is 0 Å². The molecule has 2 rings (SSSR count). The quantitative estimate of drug-likeness (QED) is 0.370. The zero-order valence-corrected chi connectivity index (χ0v) is 12.9.